The summed E-state index contributed by atoms with van der Waals surface area (Å²) in [6.07, 6.45) is 6.95. The zero-order chi connectivity index (χ0) is 14.6. The van der Waals surface area contributed by atoms with Crippen LogP contribution in [0.2, 0.25) is 0 Å². The molecule has 6 nitrogen and oxygen atoms in total. The minimum Gasteiger partial charge on any atom is -0.324 e. The summed E-state index contributed by atoms with van der Waals surface area (Å²) in [5, 5.41) is 0. The Morgan fingerprint density at radius 1 is 1.00 bits per heavy atom. The van der Waals surface area contributed by atoms with Gasteiger partial charge in [-0.05, 0) is 12.8 Å². The molecule has 9 heteroatoms. The van der Waals surface area contributed by atoms with Crippen molar-refractivity contribution in [1.82, 2.24) is 4.72 Å². The molecule has 1 saturated carbocycles. The molecule has 0 aliphatic heterocycles. The van der Waals surface area contributed by atoms with Crippen LogP contribution in [0.3, 0.4) is 0 Å². The van der Waals surface area contributed by atoms with Crippen molar-refractivity contribution in [2.75, 3.05) is 24.3 Å². The maximum Gasteiger partial charge on any atom is 0.212 e. The number of sulfone groups is 1. The first-order chi connectivity index (χ1) is 8.62. The summed E-state index contributed by atoms with van der Waals surface area (Å²) in [6.45, 7) is 0.194. The maximum atomic E-state index is 11.7. The summed E-state index contributed by atoms with van der Waals surface area (Å²) in [6, 6.07) is 0. The van der Waals surface area contributed by atoms with Gasteiger partial charge in [0.25, 0.3) is 0 Å². The fourth-order valence-corrected chi connectivity index (χ4v) is 4.94. The molecule has 0 aromatic rings. The van der Waals surface area contributed by atoms with Gasteiger partial charge >= 0.3 is 0 Å². The highest BCUT2D eigenvalue weighted by Crippen LogP contribution is 2.24. The number of nitrogens with one attached hydrogen (secondary N) is 1. The first-order valence-electron chi connectivity index (χ1n) is 6.56. The molecule has 0 unspecified atom stereocenters. The van der Waals surface area contributed by atoms with E-state index in [9.17, 15) is 16.8 Å². The minimum atomic E-state index is -3.57. The molecule has 0 aromatic heterocycles. The van der Waals surface area contributed by atoms with Crippen molar-refractivity contribution >= 4 is 32.3 Å². The van der Waals surface area contributed by atoms with Gasteiger partial charge in [0.2, 0.25) is 10.0 Å². The lowest BCUT2D eigenvalue weighted by Gasteiger charge is -2.28. The molecule has 0 aromatic carbocycles. The third-order valence-electron chi connectivity index (χ3n) is 3.47. The molecule has 0 spiro atoms. The van der Waals surface area contributed by atoms with Crippen LogP contribution >= 0.6 is 12.4 Å². The first kappa shape index (κ1) is 20.1. The first-order valence-corrected chi connectivity index (χ1v) is 10.3. The highest BCUT2D eigenvalue weighted by molar-refractivity contribution is 7.93. The molecule has 0 bridgehead atoms. The van der Waals surface area contributed by atoms with Crippen LogP contribution in [0.1, 0.15) is 38.5 Å². The third-order valence-corrected chi connectivity index (χ3v) is 6.00. The smallest absolute Gasteiger partial charge is 0.212 e. The van der Waals surface area contributed by atoms with Gasteiger partial charge in [-0.2, -0.15) is 0 Å². The van der Waals surface area contributed by atoms with Gasteiger partial charge in [-0.25, -0.2) is 21.6 Å². The number of rotatable bonds is 6. The molecule has 1 fully saturated rings. The van der Waals surface area contributed by atoms with Gasteiger partial charge in [0, 0.05) is 18.3 Å². The van der Waals surface area contributed by atoms with Gasteiger partial charge in [0.05, 0.1) is 11.5 Å². The minimum absolute atomic E-state index is 0. The SMILES string of the molecule is CS(=O)(=O)CCS(=O)(=O)NCC1(N)CCCCCC1.Cl. The number of hydrogen-bond donors (Lipinski definition) is 2. The Morgan fingerprint density at radius 2 is 1.50 bits per heavy atom. The molecule has 122 valence electrons. The van der Waals surface area contributed by atoms with Gasteiger partial charge in [-0.1, -0.05) is 25.7 Å². The van der Waals surface area contributed by atoms with Gasteiger partial charge in [0.1, 0.15) is 9.84 Å². The largest absolute Gasteiger partial charge is 0.324 e. The van der Waals surface area contributed by atoms with Gasteiger partial charge in [0.15, 0.2) is 0 Å². The average molecular weight is 349 g/mol. The number of sulfonamides is 1. The summed E-state index contributed by atoms with van der Waals surface area (Å²) in [5.74, 6) is -0.762. The Hall–Kier alpha value is 0.110. The summed E-state index contributed by atoms with van der Waals surface area (Å²) in [4.78, 5) is 0. The van der Waals surface area contributed by atoms with E-state index in [0.29, 0.717) is 0 Å². The Morgan fingerprint density at radius 3 is 1.95 bits per heavy atom. The van der Waals surface area contributed by atoms with E-state index in [2.05, 4.69) is 4.72 Å². The van der Waals surface area contributed by atoms with E-state index < -0.39 is 31.2 Å². The molecular formula is C11H25ClN2O4S2. The number of halogens is 1. The molecule has 0 heterocycles. The lowest BCUT2D eigenvalue weighted by atomic mass is 9.92. The van der Waals surface area contributed by atoms with Crippen LogP contribution < -0.4 is 10.5 Å². The topological polar surface area (TPSA) is 106 Å². The molecule has 0 atom stereocenters. The summed E-state index contributed by atoms with van der Waals surface area (Å²) in [5.41, 5.74) is 5.71. The lowest BCUT2D eigenvalue weighted by Crippen LogP contribution is -2.50. The normalized spacial score (nSPS) is 19.9. The molecule has 0 radical (unpaired) electrons. The van der Waals surface area contributed by atoms with Gasteiger partial charge in [-0.3, -0.25) is 0 Å². The van der Waals surface area contributed by atoms with E-state index in [0.717, 1.165) is 44.8 Å². The predicted molar refractivity (Wildman–Crippen MR) is 83.4 cm³/mol. The van der Waals surface area contributed by atoms with Crippen molar-refractivity contribution in [3.05, 3.63) is 0 Å². The molecule has 0 amide bonds. The van der Waals surface area contributed by atoms with Crippen molar-refractivity contribution < 1.29 is 16.8 Å². The Labute approximate surface area is 128 Å². The Bertz CT molecular complexity index is 483. The van der Waals surface area contributed by atoms with Crippen molar-refractivity contribution in [1.29, 1.82) is 0 Å². The van der Waals surface area contributed by atoms with Crippen LogP contribution in [0.15, 0.2) is 0 Å². The van der Waals surface area contributed by atoms with E-state index in [1.807, 2.05) is 0 Å². The Balaban J connectivity index is 0.00000361. The third kappa shape index (κ3) is 8.41. The van der Waals surface area contributed by atoms with Crippen LogP contribution in [0.5, 0.6) is 0 Å². The molecule has 20 heavy (non-hydrogen) atoms. The second kappa shape index (κ2) is 7.93. The number of nitrogens with two attached hydrogens (primary N) is 1. The van der Waals surface area contributed by atoms with Crippen LogP contribution in [0.25, 0.3) is 0 Å². The zero-order valence-corrected chi connectivity index (χ0v) is 14.2. The molecular weight excluding hydrogens is 324 g/mol. The van der Waals surface area contributed by atoms with E-state index in [-0.39, 0.29) is 24.7 Å². The van der Waals surface area contributed by atoms with Crippen molar-refractivity contribution in [2.24, 2.45) is 5.73 Å². The maximum absolute atomic E-state index is 11.7. The molecule has 1 rings (SSSR count). The summed E-state index contributed by atoms with van der Waals surface area (Å²) >= 11 is 0. The van der Waals surface area contributed by atoms with Crippen LogP contribution in [0, 0.1) is 0 Å². The highest BCUT2D eigenvalue weighted by atomic mass is 35.5. The monoisotopic (exact) mass is 348 g/mol. The quantitative estimate of drug-likeness (QED) is 0.677. The van der Waals surface area contributed by atoms with Crippen LogP contribution in [-0.2, 0) is 19.9 Å². The second-order valence-electron chi connectivity index (χ2n) is 5.55. The van der Waals surface area contributed by atoms with E-state index in [1.54, 1.807) is 0 Å². The van der Waals surface area contributed by atoms with Gasteiger partial charge < -0.3 is 5.73 Å². The predicted octanol–water partition coefficient (Wildman–Crippen LogP) is 0.424. The highest BCUT2D eigenvalue weighted by Gasteiger charge is 2.28. The lowest BCUT2D eigenvalue weighted by molar-refractivity contribution is 0.369. The molecule has 1 aliphatic rings. The summed E-state index contributed by atoms with van der Waals surface area (Å²) in [7, 11) is -6.85. The average Bonchev–Trinajstić information content (AvgIpc) is 2.50. The fourth-order valence-electron chi connectivity index (χ4n) is 2.20. The molecule has 1 aliphatic carbocycles. The molecule has 3 N–H and O–H groups in total. The molecule has 0 saturated heterocycles. The van der Waals surface area contributed by atoms with Gasteiger partial charge in [-0.15, -0.1) is 12.4 Å². The second-order valence-corrected chi connectivity index (χ2v) is 9.73. The zero-order valence-electron chi connectivity index (χ0n) is 11.8. The van der Waals surface area contributed by atoms with Crippen LogP contribution in [0.4, 0.5) is 0 Å². The van der Waals surface area contributed by atoms with Crippen molar-refractivity contribution in [3.63, 3.8) is 0 Å². The van der Waals surface area contributed by atoms with E-state index >= 15 is 0 Å². The van der Waals surface area contributed by atoms with E-state index in [1.165, 1.54) is 0 Å². The van der Waals surface area contributed by atoms with Crippen molar-refractivity contribution in [2.45, 2.75) is 44.1 Å². The fraction of sp³-hybridized carbons (Fsp3) is 1.00. The van der Waals surface area contributed by atoms with E-state index in [4.69, 9.17) is 5.73 Å². The standard InChI is InChI=1S/C11H24N2O4S2.ClH/c1-18(14,15)8-9-19(16,17)13-10-11(12)6-4-2-3-5-7-11;/h13H,2-10,12H2,1H3;1H. The Kier molecular flexibility index (Phi) is 7.98. The summed E-state index contributed by atoms with van der Waals surface area (Å²) < 4.78 is 47.8. The van der Waals surface area contributed by atoms with Crippen LogP contribution in [-0.4, -0.2) is 46.7 Å². The van der Waals surface area contributed by atoms with Crippen molar-refractivity contribution in [3.8, 4) is 0 Å². The number of hydrogen-bond acceptors (Lipinski definition) is 5.